The summed E-state index contributed by atoms with van der Waals surface area (Å²) in [5.41, 5.74) is 9.95. The van der Waals surface area contributed by atoms with E-state index >= 15 is 0 Å². The third kappa shape index (κ3) is 3.89. The summed E-state index contributed by atoms with van der Waals surface area (Å²) in [5.74, 6) is 0. The number of nitrogen functional groups attached to an aromatic ring is 1. The van der Waals surface area contributed by atoms with E-state index in [9.17, 15) is 4.79 Å². The van der Waals surface area contributed by atoms with Crippen LogP contribution in [0.4, 0.5) is 21.9 Å². The molecule has 0 spiro atoms. The Balaban J connectivity index is 1.64. The third-order valence-corrected chi connectivity index (χ3v) is 3.42. The summed E-state index contributed by atoms with van der Waals surface area (Å²) in [6, 6.07) is 24.5. The molecular formula is C19H17N3O. The molecule has 0 bridgehead atoms. The van der Waals surface area contributed by atoms with Crippen LogP contribution in [0, 0.1) is 0 Å². The number of hydrogen-bond donors (Lipinski definition) is 3. The molecule has 0 aliphatic rings. The standard InChI is InChI=1S/C19H17N3O/c20-16-8-12-18(13-9-16)22-19(23)21-17-10-6-15(7-11-17)14-4-2-1-3-5-14/h1-13H,20H2,(H2,21,22,23). The molecule has 0 unspecified atom stereocenters. The van der Waals surface area contributed by atoms with E-state index in [2.05, 4.69) is 22.8 Å². The van der Waals surface area contributed by atoms with E-state index in [1.54, 1.807) is 24.3 Å². The summed E-state index contributed by atoms with van der Waals surface area (Å²) in [6.07, 6.45) is 0. The predicted molar refractivity (Wildman–Crippen MR) is 95.4 cm³/mol. The van der Waals surface area contributed by atoms with Crippen LogP contribution < -0.4 is 16.4 Å². The second-order valence-corrected chi connectivity index (χ2v) is 5.14. The Bertz CT molecular complexity index is 781. The number of benzene rings is 3. The Morgan fingerprint density at radius 1 is 0.652 bits per heavy atom. The van der Waals surface area contributed by atoms with Gasteiger partial charge in [-0.1, -0.05) is 42.5 Å². The summed E-state index contributed by atoms with van der Waals surface area (Å²) in [4.78, 5) is 12.0. The Labute approximate surface area is 135 Å². The van der Waals surface area contributed by atoms with Gasteiger partial charge < -0.3 is 16.4 Å². The summed E-state index contributed by atoms with van der Waals surface area (Å²) < 4.78 is 0. The highest BCUT2D eigenvalue weighted by Crippen LogP contribution is 2.21. The highest BCUT2D eigenvalue weighted by atomic mass is 16.2. The molecule has 4 heteroatoms. The van der Waals surface area contributed by atoms with Crippen LogP contribution in [0.25, 0.3) is 11.1 Å². The number of hydrogen-bond acceptors (Lipinski definition) is 2. The fraction of sp³-hybridized carbons (Fsp3) is 0. The summed E-state index contributed by atoms with van der Waals surface area (Å²) >= 11 is 0. The van der Waals surface area contributed by atoms with Gasteiger partial charge in [-0.3, -0.25) is 0 Å². The Hall–Kier alpha value is -3.27. The number of carbonyl (C=O) groups excluding carboxylic acids is 1. The Morgan fingerprint density at radius 3 is 1.70 bits per heavy atom. The molecule has 0 saturated heterocycles. The molecule has 0 aliphatic carbocycles. The van der Waals surface area contributed by atoms with Crippen molar-refractivity contribution in [2.75, 3.05) is 16.4 Å². The molecule has 0 atom stereocenters. The first-order valence-corrected chi connectivity index (χ1v) is 7.30. The van der Waals surface area contributed by atoms with E-state index < -0.39 is 0 Å². The molecule has 2 amide bonds. The first-order chi connectivity index (χ1) is 11.2. The molecule has 0 radical (unpaired) electrons. The maximum absolute atomic E-state index is 12.0. The SMILES string of the molecule is Nc1ccc(NC(=O)Nc2ccc(-c3ccccc3)cc2)cc1. The monoisotopic (exact) mass is 303 g/mol. The minimum atomic E-state index is -0.290. The maximum atomic E-state index is 12.0. The first-order valence-electron chi connectivity index (χ1n) is 7.30. The maximum Gasteiger partial charge on any atom is 0.323 e. The van der Waals surface area contributed by atoms with Gasteiger partial charge in [0.2, 0.25) is 0 Å². The number of rotatable bonds is 3. The van der Waals surface area contributed by atoms with E-state index in [-0.39, 0.29) is 6.03 Å². The zero-order chi connectivity index (χ0) is 16.1. The van der Waals surface area contributed by atoms with Crippen molar-refractivity contribution >= 4 is 23.1 Å². The lowest BCUT2D eigenvalue weighted by Gasteiger charge is -2.09. The second kappa shape index (κ2) is 6.66. The number of carbonyl (C=O) groups is 1. The van der Waals surface area contributed by atoms with Crippen LogP contribution in [-0.2, 0) is 0 Å². The number of anilines is 3. The molecule has 0 fully saturated rings. The smallest absolute Gasteiger partial charge is 0.323 e. The number of amides is 2. The van der Waals surface area contributed by atoms with Crippen molar-refractivity contribution in [3.63, 3.8) is 0 Å². The first kappa shape index (κ1) is 14.7. The van der Waals surface area contributed by atoms with Gasteiger partial charge in [-0.05, 0) is 47.5 Å². The minimum Gasteiger partial charge on any atom is -0.399 e. The highest BCUT2D eigenvalue weighted by Gasteiger charge is 2.03. The van der Waals surface area contributed by atoms with E-state index in [1.807, 2.05) is 42.5 Å². The molecule has 3 aromatic carbocycles. The fourth-order valence-electron chi connectivity index (χ4n) is 2.24. The van der Waals surface area contributed by atoms with Crippen LogP contribution in [0.2, 0.25) is 0 Å². The molecular weight excluding hydrogens is 286 g/mol. The number of nitrogens with two attached hydrogens (primary N) is 1. The van der Waals surface area contributed by atoms with Crippen LogP contribution in [0.5, 0.6) is 0 Å². The van der Waals surface area contributed by atoms with E-state index in [0.29, 0.717) is 11.4 Å². The minimum absolute atomic E-state index is 0.290. The van der Waals surface area contributed by atoms with Crippen molar-refractivity contribution in [2.45, 2.75) is 0 Å². The van der Waals surface area contributed by atoms with Crippen LogP contribution >= 0.6 is 0 Å². The molecule has 114 valence electrons. The lowest BCUT2D eigenvalue weighted by molar-refractivity contribution is 0.262. The van der Waals surface area contributed by atoms with Crippen molar-refractivity contribution in [1.29, 1.82) is 0 Å². The van der Waals surface area contributed by atoms with Crippen LogP contribution in [-0.4, -0.2) is 6.03 Å². The Kier molecular flexibility index (Phi) is 4.25. The van der Waals surface area contributed by atoms with Gasteiger partial charge >= 0.3 is 6.03 Å². The molecule has 0 aromatic heterocycles. The van der Waals surface area contributed by atoms with Crippen molar-refractivity contribution in [1.82, 2.24) is 0 Å². The van der Waals surface area contributed by atoms with Gasteiger partial charge in [0.25, 0.3) is 0 Å². The quantitative estimate of drug-likeness (QED) is 0.620. The molecule has 3 rings (SSSR count). The van der Waals surface area contributed by atoms with Crippen LogP contribution in [0.1, 0.15) is 0 Å². The van der Waals surface area contributed by atoms with Crippen molar-refractivity contribution in [3.05, 3.63) is 78.9 Å². The molecule has 3 aromatic rings. The molecule has 4 nitrogen and oxygen atoms in total. The van der Waals surface area contributed by atoms with Crippen LogP contribution in [0.15, 0.2) is 78.9 Å². The molecule has 4 N–H and O–H groups in total. The van der Waals surface area contributed by atoms with Gasteiger partial charge in [0.1, 0.15) is 0 Å². The molecule has 23 heavy (non-hydrogen) atoms. The number of nitrogens with one attached hydrogen (secondary N) is 2. The highest BCUT2D eigenvalue weighted by molar-refractivity contribution is 5.99. The van der Waals surface area contributed by atoms with Gasteiger partial charge in [-0.15, -0.1) is 0 Å². The Morgan fingerprint density at radius 2 is 1.13 bits per heavy atom. The average molecular weight is 303 g/mol. The van der Waals surface area contributed by atoms with Gasteiger partial charge in [-0.2, -0.15) is 0 Å². The molecule has 0 heterocycles. The van der Waals surface area contributed by atoms with Gasteiger partial charge in [0.05, 0.1) is 0 Å². The largest absolute Gasteiger partial charge is 0.399 e. The lowest BCUT2D eigenvalue weighted by atomic mass is 10.1. The normalized spacial score (nSPS) is 10.1. The van der Waals surface area contributed by atoms with Gasteiger partial charge in [-0.25, -0.2) is 4.79 Å². The van der Waals surface area contributed by atoms with Gasteiger partial charge in [0, 0.05) is 17.1 Å². The lowest BCUT2D eigenvalue weighted by Crippen LogP contribution is -2.19. The van der Waals surface area contributed by atoms with Crippen molar-refractivity contribution < 1.29 is 4.79 Å². The predicted octanol–water partition coefficient (Wildman–Crippen LogP) is 4.58. The summed E-state index contributed by atoms with van der Waals surface area (Å²) in [5, 5.41) is 5.56. The second-order valence-electron chi connectivity index (χ2n) is 5.14. The average Bonchev–Trinajstić information content (AvgIpc) is 2.58. The van der Waals surface area contributed by atoms with Gasteiger partial charge in [0.15, 0.2) is 0 Å². The van der Waals surface area contributed by atoms with E-state index in [0.717, 1.165) is 16.8 Å². The van der Waals surface area contributed by atoms with Crippen molar-refractivity contribution in [2.24, 2.45) is 0 Å². The molecule has 0 saturated carbocycles. The summed E-state index contributed by atoms with van der Waals surface area (Å²) in [7, 11) is 0. The zero-order valence-electron chi connectivity index (χ0n) is 12.5. The van der Waals surface area contributed by atoms with Crippen molar-refractivity contribution in [3.8, 4) is 11.1 Å². The zero-order valence-corrected chi connectivity index (χ0v) is 12.5. The third-order valence-electron chi connectivity index (χ3n) is 3.42. The van der Waals surface area contributed by atoms with Crippen LogP contribution in [0.3, 0.4) is 0 Å². The molecule has 0 aliphatic heterocycles. The number of urea groups is 1. The summed E-state index contributed by atoms with van der Waals surface area (Å²) in [6.45, 7) is 0. The van der Waals surface area contributed by atoms with E-state index in [1.165, 1.54) is 0 Å². The van der Waals surface area contributed by atoms with E-state index in [4.69, 9.17) is 5.73 Å². The fourth-order valence-corrected chi connectivity index (χ4v) is 2.24. The topological polar surface area (TPSA) is 67.1 Å².